The van der Waals surface area contributed by atoms with Crippen molar-refractivity contribution < 1.29 is 22.5 Å². The van der Waals surface area contributed by atoms with Crippen molar-refractivity contribution in [1.82, 2.24) is 0 Å². The highest BCUT2D eigenvalue weighted by Crippen LogP contribution is 2.19. The molecule has 0 aliphatic rings. The summed E-state index contributed by atoms with van der Waals surface area (Å²) in [6.45, 7) is 4.38. The molecule has 0 spiro atoms. The Labute approximate surface area is 126 Å². The summed E-state index contributed by atoms with van der Waals surface area (Å²) < 4.78 is 34.6. The topological polar surface area (TPSA) is 80.7 Å². The van der Waals surface area contributed by atoms with Gasteiger partial charge in [0.05, 0.1) is 17.9 Å². The van der Waals surface area contributed by atoms with Crippen molar-refractivity contribution in [3.63, 3.8) is 0 Å². The minimum atomic E-state index is -3.93. The molecule has 1 aromatic carbocycles. The molecule has 1 unspecified atom stereocenters. The maximum atomic E-state index is 11.8. The van der Waals surface area contributed by atoms with Crippen LogP contribution in [0.25, 0.3) is 0 Å². The molecule has 6 heteroatoms. The zero-order chi connectivity index (χ0) is 15.9. The van der Waals surface area contributed by atoms with Gasteiger partial charge in [0.25, 0.3) is 10.1 Å². The van der Waals surface area contributed by atoms with E-state index in [9.17, 15) is 13.2 Å². The van der Waals surface area contributed by atoms with Crippen LogP contribution in [0, 0.1) is 0 Å². The molecule has 0 aliphatic heterocycles. The first-order valence-corrected chi connectivity index (χ1v) is 8.66. The average Bonchev–Trinajstić information content (AvgIpc) is 2.44. The molecular formula is C15H22O5S. The molecule has 118 valence electrons. The van der Waals surface area contributed by atoms with Crippen LogP contribution in [0.2, 0.25) is 0 Å². The van der Waals surface area contributed by atoms with Gasteiger partial charge in [-0.2, -0.15) is 8.42 Å². The van der Waals surface area contributed by atoms with Crippen molar-refractivity contribution in [2.75, 3.05) is 12.4 Å². The molecule has 1 aromatic rings. The van der Waals surface area contributed by atoms with Crippen molar-refractivity contribution in [2.24, 2.45) is 0 Å². The number of hydrogen-bond donors (Lipinski definition) is 1. The van der Waals surface area contributed by atoms with Crippen molar-refractivity contribution in [3.05, 3.63) is 35.4 Å². The summed E-state index contributed by atoms with van der Waals surface area (Å²) in [5.41, 5.74) is 1.67. The molecule has 0 aliphatic carbocycles. The molecule has 0 bridgehead atoms. The molecule has 0 fully saturated rings. The predicted octanol–water partition coefficient (Wildman–Crippen LogP) is 3.02. The van der Waals surface area contributed by atoms with E-state index in [0.29, 0.717) is 17.9 Å². The number of esters is 1. The number of rotatable bonds is 8. The normalized spacial score (nSPS) is 12.9. The fourth-order valence-corrected chi connectivity index (χ4v) is 2.39. The Hall–Kier alpha value is -1.40. The average molecular weight is 314 g/mol. The van der Waals surface area contributed by atoms with E-state index in [0.717, 1.165) is 6.42 Å². The van der Waals surface area contributed by atoms with E-state index >= 15 is 0 Å². The fraction of sp³-hybridized carbons (Fsp3) is 0.533. The highest BCUT2D eigenvalue weighted by molar-refractivity contribution is 7.85. The van der Waals surface area contributed by atoms with E-state index < -0.39 is 16.1 Å². The maximum Gasteiger partial charge on any atom is 0.338 e. The van der Waals surface area contributed by atoms with Crippen molar-refractivity contribution in [3.8, 4) is 0 Å². The van der Waals surface area contributed by atoms with Gasteiger partial charge in [0.1, 0.15) is 0 Å². The lowest BCUT2D eigenvalue weighted by atomic mass is 9.98. The number of ether oxygens (including phenoxy) is 1. The molecule has 0 saturated heterocycles. The second-order valence-electron chi connectivity index (χ2n) is 5.06. The zero-order valence-corrected chi connectivity index (χ0v) is 13.2. The molecule has 1 atom stereocenters. The first-order valence-electron chi connectivity index (χ1n) is 7.05. The minimum Gasteiger partial charge on any atom is -0.462 e. The smallest absolute Gasteiger partial charge is 0.338 e. The van der Waals surface area contributed by atoms with E-state index in [1.165, 1.54) is 5.56 Å². The van der Waals surface area contributed by atoms with Gasteiger partial charge >= 0.3 is 5.97 Å². The van der Waals surface area contributed by atoms with E-state index in [4.69, 9.17) is 9.29 Å². The lowest BCUT2D eigenvalue weighted by Crippen LogP contribution is -2.09. The summed E-state index contributed by atoms with van der Waals surface area (Å²) in [6, 6.07) is 7.32. The van der Waals surface area contributed by atoms with Gasteiger partial charge in [-0.15, -0.1) is 0 Å². The third-order valence-electron chi connectivity index (χ3n) is 3.36. The summed E-state index contributed by atoms with van der Waals surface area (Å²) >= 11 is 0. The molecule has 0 heterocycles. The molecule has 0 saturated carbocycles. The van der Waals surface area contributed by atoms with Gasteiger partial charge in [0.15, 0.2) is 0 Å². The van der Waals surface area contributed by atoms with E-state index in [1.807, 2.05) is 12.1 Å². The Morgan fingerprint density at radius 1 is 1.24 bits per heavy atom. The standard InChI is InChI=1S/C15H22O5S/c1-3-12(2)13-6-8-14(9-7-13)15(16)20-10-4-5-11-21(17,18)19/h6-9,12H,3-5,10-11H2,1-2H3,(H,17,18,19). The van der Waals surface area contributed by atoms with Gasteiger partial charge in [0.2, 0.25) is 0 Å². The van der Waals surface area contributed by atoms with Gasteiger partial charge in [-0.1, -0.05) is 26.0 Å². The van der Waals surface area contributed by atoms with Gasteiger partial charge in [0, 0.05) is 0 Å². The number of carbonyl (C=O) groups excluding carboxylic acids is 1. The second-order valence-corrected chi connectivity index (χ2v) is 6.63. The SMILES string of the molecule is CCC(C)c1ccc(C(=O)OCCCCS(=O)(=O)O)cc1. The number of unbranched alkanes of at least 4 members (excludes halogenated alkanes) is 1. The van der Waals surface area contributed by atoms with Crippen molar-refractivity contribution >= 4 is 16.1 Å². The van der Waals surface area contributed by atoms with Crippen LogP contribution in [0.1, 0.15) is 54.9 Å². The first kappa shape index (κ1) is 17.7. The van der Waals surface area contributed by atoms with E-state index in [1.54, 1.807) is 12.1 Å². The van der Waals surface area contributed by atoms with Crippen LogP contribution < -0.4 is 0 Å². The van der Waals surface area contributed by atoms with E-state index in [-0.39, 0.29) is 18.8 Å². The third-order valence-corrected chi connectivity index (χ3v) is 4.16. The van der Waals surface area contributed by atoms with E-state index in [2.05, 4.69) is 13.8 Å². The number of benzene rings is 1. The highest BCUT2D eigenvalue weighted by Gasteiger charge is 2.09. The zero-order valence-electron chi connectivity index (χ0n) is 12.4. The summed E-state index contributed by atoms with van der Waals surface area (Å²) in [6.07, 6.45) is 1.70. The van der Waals surface area contributed by atoms with Crippen LogP contribution in [0.15, 0.2) is 24.3 Å². The molecule has 0 aromatic heterocycles. The van der Waals surface area contributed by atoms with Crippen LogP contribution >= 0.6 is 0 Å². The van der Waals surface area contributed by atoms with Crippen LogP contribution in [-0.2, 0) is 14.9 Å². The number of hydrogen-bond acceptors (Lipinski definition) is 4. The monoisotopic (exact) mass is 314 g/mol. The third kappa shape index (κ3) is 6.73. The Morgan fingerprint density at radius 3 is 2.38 bits per heavy atom. The van der Waals surface area contributed by atoms with Gasteiger partial charge in [-0.3, -0.25) is 4.55 Å². The molecular weight excluding hydrogens is 292 g/mol. The quantitative estimate of drug-likeness (QED) is 0.453. The van der Waals surface area contributed by atoms with Crippen LogP contribution in [0.3, 0.4) is 0 Å². The maximum absolute atomic E-state index is 11.8. The number of carbonyl (C=O) groups is 1. The molecule has 0 amide bonds. The predicted molar refractivity (Wildman–Crippen MR) is 81.1 cm³/mol. The molecule has 1 N–H and O–H groups in total. The fourth-order valence-electron chi connectivity index (χ4n) is 1.82. The Bertz CT molecular complexity index is 548. The minimum absolute atomic E-state index is 0.140. The Kier molecular flexibility index (Phi) is 6.84. The van der Waals surface area contributed by atoms with Gasteiger partial charge in [-0.05, 0) is 42.9 Å². The summed E-state index contributed by atoms with van der Waals surface area (Å²) in [5, 5.41) is 0. The first-order chi connectivity index (χ1) is 9.83. The molecule has 5 nitrogen and oxygen atoms in total. The summed E-state index contributed by atoms with van der Waals surface area (Å²) in [4.78, 5) is 11.8. The van der Waals surface area contributed by atoms with Crippen molar-refractivity contribution in [2.45, 2.75) is 39.0 Å². The Balaban J connectivity index is 2.39. The molecule has 21 heavy (non-hydrogen) atoms. The molecule has 1 rings (SSSR count). The van der Waals surface area contributed by atoms with Gasteiger partial charge < -0.3 is 4.74 Å². The highest BCUT2D eigenvalue weighted by atomic mass is 32.2. The van der Waals surface area contributed by atoms with Crippen LogP contribution in [0.5, 0.6) is 0 Å². The molecule has 0 radical (unpaired) electrons. The van der Waals surface area contributed by atoms with Gasteiger partial charge in [-0.25, -0.2) is 4.79 Å². The lowest BCUT2D eigenvalue weighted by Gasteiger charge is -2.09. The van der Waals surface area contributed by atoms with Crippen LogP contribution in [0.4, 0.5) is 0 Å². The second kappa shape index (κ2) is 8.14. The summed E-state index contributed by atoms with van der Waals surface area (Å²) in [7, 11) is -3.93. The Morgan fingerprint density at radius 2 is 1.86 bits per heavy atom. The van der Waals surface area contributed by atoms with Crippen LogP contribution in [-0.4, -0.2) is 31.3 Å². The van der Waals surface area contributed by atoms with Crippen molar-refractivity contribution in [1.29, 1.82) is 0 Å². The largest absolute Gasteiger partial charge is 0.462 e. The summed E-state index contributed by atoms with van der Waals surface area (Å²) in [5.74, 6) is -0.276. The lowest BCUT2D eigenvalue weighted by molar-refractivity contribution is 0.0500.